The molecule has 0 saturated heterocycles. The fourth-order valence-electron chi connectivity index (χ4n) is 4.04. The Bertz CT molecular complexity index is 932. The first-order valence-corrected chi connectivity index (χ1v) is 13.6. The van der Waals surface area contributed by atoms with Gasteiger partial charge in [0.2, 0.25) is 17.7 Å². The Labute approximate surface area is 228 Å². The summed E-state index contributed by atoms with van der Waals surface area (Å²) in [5.41, 5.74) is 5.54. The minimum Gasteiger partial charge on any atom is -0.444 e. The van der Waals surface area contributed by atoms with Crippen molar-refractivity contribution in [1.29, 1.82) is 0 Å². The molecule has 0 bridgehead atoms. The molecule has 0 aliphatic rings. The fraction of sp³-hybridized carbons (Fsp3) is 0.655. The minimum absolute atomic E-state index is 0.0282. The SMILES string of the molecule is CCCCCNC(=O)C(c1ccc(CC)cc1)N(C(=O)C(CCC(N)=O)NC(=O)OC(C)(C)C)C(C)(C)C. The van der Waals surface area contributed by atoms with Gasteiger partial charge in [0.1, 0.15) is 17.7 Å². The largest absolute Gasteiger partial charge is 0.444 e. The van der Waals surface area contributed by atoms with Crippen LogP contribution < -0.4 is 16.4 Å². The van der Waals surface area contributed by atoms with Crippen LogP contribution in [0.3, 0.4) is 0 Å². The van der Waals surface area contributed by atoms with Crippen LogP contribution in [0.2, 0.25) is 0 Å². The Kier molecular flexibility index (Phi) is 12.8. The molecule has 1 aromatic rings. The molecule has 0 saturated carbocycles. The third-order valence-corrected chi connectivity index (χ3v) is 5.92. The molecular formula is C29H48N4O5. The average Bonchev–Trinajstić information content (AvgIpc) is 2.80. The predicted molar refractivity (Wildman–Crippen MR) is 149 cm³/mol. The number of primary amides is 1. The number of unbranched alkanes of at least 4 members (excludes halogenated alkanes) is 2. The van der Waals surface area contributed by atoms with Crippen LogP contribution >= 0.6 is 0 Å². The lowest BCUT2D eigenvalue weighted by molar-refractivity contribution is -0.148. The predicted octanol–water partition coefficient (Wildman–Crippen LogP) is 4.38. The lowest BCUT2D eigenvalue weighted by Crippen LogP contribution is -2.58. The van der Waals surface area contributed by atoms with Crippen molar-refractivity contribution < 1.29 is 23.9 Å². The van der Waals surface area contributed by atoms with Crippen LogP contribution in [0.1, 0.15) is 105 Å². The summed E-state index contributed by atoms with van der Waals surface area (Å²) in [5.74, 6) is -1.41. The second-order valence-electron chi connectivity index (χ2n) is 11.6. The van der Waals surface area contributed by atoms with Crippen molar-refractivity contribution in [3.8, 4) is 0 Å². The van der Waals surface area contributed by atoms with Gasteiger partial charge in [0.25, 0.3) is 0 Å². The van der Waals surface area contributed by atoms with E-state index in [9.17, 15) is 19.2 Å². The summed E-state index contributed by atoms with van der Waals surface area (Å²) in [6.45, 7) is 15.3. The molecule has 0 fully saturated rings. The number of carbonyl (C=O) groups is 4. The van der Waals surface area contributed by atoms with Crippen molar-refractivity contribution >= 4 is 23.8 Å². The van der Waals surface area contributed by atoms with Gasteiger partial charge in [-0.15, -0.1) is 0 Å². The number of hydrogen-bond donors (Lipinski definition) is 3. The number of carbonyl (C=O) groups excluding carboxylic acids is 4. The Morgan fingerprint density at radius 1 is 0.974 bits per heavy atom. The normalized spacial score (nSPS) is 13.3. The minimum atomic E-state index is -1.12. The van der Waals surface area contributed by atoms with Gasteiger partial charge in [-0.1, -0.05) is 51.0 Å². The van der Waals surface area contributed by atoms with Gasteiger partial charge in [0.05, 0.1) is 0 Å². The molecular weight excluding hydrogens is 484 g/mol. The number of rotatable bonds is 13. The van der Waals surface area contributed by atoms with Crippen molar-refractivity contribution in [2.24, 2.45) is 5.73 Å². The third kappa shape index (κ3) is 11.1. The maximum atomic E-state index is 14.1. The van der Waals surface area contributed by atoms with Gasteiger partial charge >= 0.3 is 6.09 Å². The van der Waals surface area contributed by atoms with E-state index in [1.807, 2.05) is 52.0 Å². The van der Waals surface area contributed by atoms with E-state index in [1.165, 1.54) is 4.90 Å². The number of benzene rings is 1. The molecule has 4 N–H and O–H groups in total. The molecule has 0 aromatic heterocycles. The molecule has 0 spiro atoms. The first kappa shape index (κ1) is 32.9. The number of amides is 4. The highest BCUT2D eigenvalue weighted by atomic mass is 16.6. The molecule has 1 rings (SSSR count). The molecule has 1 aromatic carbocycles. The van der Waals surface area contributed by atoms with E-state index in [-0.39, 0.29) is 18.7 Å². The van der Waals surface area contributed by atoms with Crippen LogP contribution in [-0.2, 0) is 25.5 Å². The summed E-state index contributed by atoms with van der Waals surface area (Å²) in [4.78, 5) is 53.5. The van der Waals surface area contributed by atoms with Crippen LogP contribution in [0.15, 0.2) is 24.3 Å². The Morgan fingerprint density at radius 2 is 1.58 bits per heavy atom. The summed E-state index contributed by atoms with van der Waals surface area (Å²) in [6.07, 6.45) is 2.72. The van der Waals surface area contributed by atoms with Crippen LogP contribution in [0.25, 0.3) is 0 Å². The zero-order valence-electron chi connectivity index (χ0n) is 24.5. The molecule has 2 unspecified atom stereocenters. The van der Waals surface area contributed by atoms with Crippen LogP contribution in [0, 0.1) is 0 Å². The van der Waals surface area contributed by atoms with Crippen molar-refractivity contribution in [3.63, 3.8) is 0 Å². The number of aryl methyl sites for hydroxylation is 1. The quantitative estimate of drug-likeness (QED) is 0.325. The fourth-order valence-corrected chi connectivity index (χ4v) is 4.04. The topological polar surface area (TPSA) is 131 Å². The van der Waals surface area contributed by atoms with Gasteiger partial charge in [0, 0.05) is 18.5 Å². The van der Waals surface area contributed by atoms with Crippen molar-refractivity contribution in [3.05, 3.63) is 35.4 Å². The van der Waals surface area contributed by atoms with Gasteiger partial charge in [-0.05, 0) is 71.9 Å². The van der Waals surface area contributed by atoms with Crippen LogP contribution in [0.4, 0.5) is 4.79 Å². The molecule has 0 aliphatic heterocycles. The first-order valence-electron chi connectivity index (χ1n) is 13.6. The highest BCUT2D eigenvalue weighted by Crippen LogP contribution is 2.31. The maximum Gasteiger partial charge on any atom is 0.408 e. The highest BCUT2D eigenvalue weighted by Gasteiger charge is 2.41. The molecule has 214 valence electrons. The summed E-state index contributed by atoms with van der Waals surface area (Å²) in [5, 5.41) is 5.61. The van der Waals surface area contributed by atoms with Gasteiger partial charge < -0.3 is 26.0 Å². The maximum absolute atomic E-state index is 14.1. The summed E-state index contributed by atoms with van der Waals surface area (Å²) >= 11 is 0. The van der Waals surface area contributed by atoms with Gasteiger partial charge in [0.15, 0.2) is 0 Å². The summed E-state index contributed by atoms with van der Waals surface area (Å²) in [6, 6.07) is 5.54. The summed E-state index contributed by atoms with van der Waals surface area (Å²) in [7, 11) is 0. The van der Waals surface area contributed by atoms with E-state index < -0.39 is 41.1 Å². The highest BCUT2D eigenvalue weighted by molar-refractivity contribution is 5.93. The molecule has 0 heterocycles. The number of nitrogens with one attached hydrogen (secondary N) is 2. The van der Waals surface area contributed by atoms with E-state index in [1.54, 1.807) is 20.8 Å². The van der Waals surface area contributed by atoms with E-state index in [4.69, 9.17) is 10.5 Å². The van der Waals surface area contributed by atoms with Gasteiger partial charge in [-0.3, -0.25) is 14.4 Å². The second kappa shape index (κ2) is 14.7. The molecule has 9 nitrogen and oxygen atoms in total. The molecule has 38 heavy (non-hydrogen) atoms. The lowest BCUT2D eigenvalue weighted by Gasteiger charge is -2.43. The van der Waals surface area contributed by atoms with Gasteiger partial charge in [-0.25, -0.2) is 4.79 Å². The number of nitrogens with zero attached hydrogens (tertiary/aromatic N) is 1. The Balaban J connectivity index is 3.51. The molecule has 4 amide bonds. The Morgan fingerprint density at radius 3 is 2.05 bits per heavy atom. The van der Waals surface area contributed by atoms with Crippen molar-refractivity contribution in [2.75, 3.05) is 6.54 Å². The van der Waals surface area contributed by atoms with E-state index in [0.717, 1.165) is 31.2 Å². The zero-order valence-corrected chi connectivity index (χ0v) is 24.5. The molecule has 2 atom stereocenters. The second-order valence-corrected chi connectivity index (χ2v) is 11.6. The Hall–Kier alpha value is -3.10. The smallest absolute Gasteiger partial charge is 0.408 e. The van der Waals surface area contributed by atoms with Crippen LogP contribution in [-0.4, -0.2) is 52.4 Å². The average molecular weight is 533 g/mol. The summed E-state index contributed by atoms with van der Waals surface area (Å²) < 4.78 is 5.37. The monoisotopic (exact) mass is 532 g/mol. The molecule has 9 heteroatoms. The number of nitrogens with two attached hydrogens (primary N) is 1. The van der Waals surface area contributed by atoms with E-state index >= 15 is 0 Å². The van der Waals surface area contributed by atoms with Crippen molar-refractivity contribution in [1.82, 2.24) is 15.5 Å². The standard InChI is InChI=1S/C29H48N4O5/c1-9-11-12-19-31-25(35)24(21-15-13-20(10-2)14-16-21)33(28(3,4)5)26(36)22(17-18-23(30)34)32-27(37)38-29(6,7)8/h13-16,22,24H,9-12,17-19H2,1-8H3,(H2,30,34)(H,31,35)(H,32,37). The number of ether oxygens (including phenoxy) is 1. The first-order chi connectivity index (χ1) is 17.6. The van der Waals surface area contributed by atoms with E-state index in [2.05, 4.69) is 17.6 Å². The van der Waals surface area contributed by atoms with E-state index in [0.29, 0.717) is 12.1 Å². The number of alkyl carbamates (subject to hydrolysis) is 1. The zero-order chi connectivity index (χ0) is 29.1. The lowest BCUT2D eigenvalue weighted by atomic mass is 9.94. The molecule has 0 radical (unpaired) electrons. The van der Waals surface area contributed by atoms with Crippen molar-refractivity contribution in [2.45, 2.75) is 117 Å². The van der Waals surface area contributed by atoms with Gasteiger partial charge in [-0.2, -0.15) is 0 Å². The number of hydrogen-bond acceptors (Lipinski definition) is 5. The molecule has 0 aliphatic carbocycles. The van der Waals surface area contributed by atoms with Crippen LogP contribution in [0.5, 0.6) is 0 Å². The third-order valence-electron chi connectivity index (χ3n) is 5.92.